The summed E-state index contributed by atoms with van der Waals surface area (Å²) in [5, 5.41) is 9.05. The molecule has 0 aromatic heterocycles. The van der Waals surface area contributed by atoms with Crippen LogP contribution in [0.15, 0.2) is 0 Å². The van der Waals surface area contributed by atoms with Crippen molar-refractivity contribution in [2.24, 2.45) is 11.8 Å². The van der Waals surface area contributed by atoms with Crippen molar-refractivity contribution >= 4 is 10.0 Å². The number of rotatable bonds is 5. The number of hydrogen-bond acceptors (Lipinski definition) is 4. The lowest BCUT2D eigenvalue weighted by molar-refractivity contribution is 0.209. The highest BCUT2D eigenvalue weighted by Crippen LogP contribution is 2.24. The van der Waals surface area contributed by atoms with Gasteiger partial charge in [0, 0.05) is 26.8 Å². The van der Waals surface area contributed by atoms with Gasteiger partial charge in [0.05, 0.1) is 12.4 Å². The molecule has 1 rings (SSSR count). The van der Waals surface area contributed by atoms with Crippen molar-refractivity contribution in [2.75, 3.05) is 39.2 Å². The molecule has 1 aliphatic heterocycles. The summed E-state index contributed by atoms with van der Waals surface area (Å²) in [6.07, 6.45) is 0. The highest BCUT2D eigenvalue weighted by atomic mass is 32.2. The molecule has 2 atom stereocenters. The number of sulfonamides is 1. The summed E-state index contributed by atoms with van der Waals surface area (Å²) >= 11 is 0. The maximum absolute atomic E-state index is 11.8. The number of aliphatic hydroxyl groups is 1. The number of hydrogen-bond donors (Lipinski definition) is 1. The van der Waals surface area contributed by atoms with E-state index in [1.807, 2.05) is 6.92 Å². The van der Waals surface area contributed by atoms with E-state index in [1.54, 1.807) is 0 Å². The average Bonchev–Trinajstić information content (AvgIpc) is 2.57. The van der Waals surface area contributed by atoms with Crippen LogP contribution in [0.1, 0.15) is 6.92 Å². The molecule has 1 heterocycles. The maximum Gasteiger partial charge on any atom is 0.216 e. The van der Waals surface area contributed by atoms with E-state index < -0.39 is 10.0 Å². The van der Waals surface area contributed by atoms with Crippen LogP contribution in [0.5, 0.6) is 0 Å². The molecule has 0 spiro atoms. The first-order valence-electron chi connectivity index (χ1n) is 5.09. The van der Waals surface area contributed by atoms with E-state index in [1.165, 1.54) is 11.4 Å². The van der Waals surface area contributed by atoms with Gasteiger partial charge in [0.15, 0.2) is 0 Å². The van der Waals surface area contributed by atoms with Crippen molar-refractivity contribution in [2.45, 2.75) is 6.92 Å². The Bertz CT molecular complexity index is 290. The molecule has 1 aliphatic rings. The fraction of sp³-hybridized carbons (Fsp3) is 1.00. The normalized spacial score (nSPS) is 28.5. The summed E-state index contributed by atoms with van der Waals surface area (Å²) in [5.74, 6) is 0.323. The van der Waals surface area contributed by atoms with Gasteiger partial charge in [-0.3, -0.25) is 0 Å². The lowest BCUT2D eigenvalue weighted by Crippen LogP contribution is -2.32. The molecule has 5 nitrogen and oxygen atoms in total. The third-order valence-corrected chi connectivity index (χ3v) is 4.68. The molecule has 1 fully saturated rings. The smallest absolute Gasteiger partial charge is 0.216 e. The molecule has 0 unspecified atom stereocenters. The minimum absolute atomic E-state index is 0.0222. The van der Waals surface area contributed by atoms with E-state index in [4.69, 9.17) is 9.84 Å². The van der Waals surface area contributed by atoms with Gasteiger partial charge in [-0.15, -0.1) is 0 Å². The van der Waals surface area contributed by atoms with Crippen LogP contribution in [0.25, 0.3) is 0 Å². The minimum atomic E-state index is -3.20. The van der Waals surface area contributed by atoms with E-state index in [0.717, 1.165) is 0 Å². The molecule has 1 saturated heterocycles. The van der Waals surface area contributed by atoms with Crippen LogP contribution >= 0.6 is 0 Å². The van der Waals surface area contributed by atoms with E-state index in [9.17, 15) is 8.42 Å². The quantitative estimate of drug-likeness (QED) is 0.701. The predicted octanol–water partition coefficient (Wildman–Crippen LogP) is -0.477. The zero-order chi connectivity index (χ0) is 11.5. The molecular weight excluding hydrogens is 218 g/mol. The van der Waals surface area contributed by atoms with Crippen molar-refractivity contribution in [3.63, 3.8) is 0 Å². The summed E-state index contributed by atoms with van der Waals surface area (Å²) in [6, 6.07) is 0. The van der Waals surface area contributed by atoms with E-state index >= 15 is 0 Å². The van der Waals surface area contributed by atoms with Crippen LogP contribution in [-0.4, -0.2) is 57.0 Å². The predicted molar refractivity (Wildman–Crippen MR) is 57.0 cm³/mol. The van der Waals surface area contributed by atoms with Crippen molar-refractivity contribution in [1.82, 2.24) is 4.31 Å². The van der Waals surface area contributed by atoms with Crippen molar-refractivity contribution in [3.05, 3.63) is 0 Å². The van der Waals surface area contributed by atoms with Crippen LogP contribution in [0.3, 0.4) is 0 Å². The Balaban J connectivity index is 2.59. The molecule has 0 saturated carbocycles. The highest BCUT2D eigenvalue weighted by Gasteiger charge is 2.35. The fourth-order valence-electron chi connectivity index (χ4n) is 1.77. The molecule has 6 heteroatoms. The number of aliphatic hydroxyl groups excluding tert-OH is 1. The van der Waals surface area contributed by atoms with Gasteiger partial charge < -0.3 is 9.84 Å². The third-order valence-electron chi connectivity index (χ3n) is 2.91. The monoisotopic (exact) mass is 237 g/mol. The van der Waals surface area contributed by atoms with Gasteiger partial charge in [-0.1, -0.05) is 6.92 Å². The Labute approximate surface area is 91.1 Å². The molecule has 15 heavy (non-hydrogen) atoms. The van der Waals surface area contributed by atoms with Crippen LogP contribution < -0.4 is 0 Å². The standard InChI is InChI=1S/C9H19NO4S/c1-8-5-10(6-9(8)7-11)15(12,13)4-3-14-2/h8-9,11H,3-7H2,1-2H3/t8-,9+/m1/s1. The summed E-state index contributed by atoms with van der Waals surface area (Å²) in [5.41, 5.74) is 0. The second-order valence-corrected chi connectivity index (χ2v) is 6.13. The first kappa shape index (κ1) is 12.9. The maximum atomic E-state index is 11.8. The minimum Gasteiger partial charge on any atom is -0.396 e. The van der Waals surface area contributed by atoms with E-state index in [0.29, 0.717) is 13.1 Å². The van der Waals surface area contributed by atoms with Gasteiger partial charge in [-0.05, 0) is 11.8 Å². The SMILES string of the molecule is COCCS(=O)(=O)N1C[C@@H](CO)[C@H](C)C1. The first-order valence-corrected chi connectivity index (χ1v) is 6.69. The van der Waals surface area contributed by atoms with Gasteiger partial charge in [0.1, 0.15) is 0 Å². The second kappa shape index (κ2) is 5.25. The Kier molecular flexibility index (Phi) is 4.51. The zero-order valence-electron chi connectivity index (χ0n) is 9.22. The lowest BCUT2D eigenvalue weighted by Gasteiger charge is -2.15. The van der Waals surface area contributed by atoms with Gasteiger partial charge in [-0.25, -0.2) is 12.7 Å². The van der Waals surface area contributed by atoms with Gasteiger partial charge >= 0.3 is 0 Å². The summed E-state index contributed by atoms with van der Waals surface area (Å²) < 4.78 is 29.7. The number of nitrogens with zero attached hydrogens (tertiary/aromatic N) is 1. The number of methoxy groups -OCH3 is 1. The molecule has 0 amide bonds. The lowest BCUT2D eigenvalue weighted by atomic mass is 10.00. The van der Waals surface area contributed by atoms with Crippen LogP contribution in [-0.2, 0) is 14.8 Å². The number of ether oxygens (including phenoxy) is 1. The van der Waals surface area contributed by atoms with Crippen LogP contribution in [0.4, 0.5) is 0 Å². The first-order chi connectivity index (χ1) is 7.01. The van der Waals surface area contributed by atoms with Crippen LogP contribution in [0.2, 0.25) is 0 Å². The summed E-state index contributed by atoms with van der Waals surface area (Å²) in [4.78, 5) is 0. The van der Waals surface area contributed by atoms with E-state index in [2.05, 4.69) is 0 Å². The van der Waals surface area contributed by atoms with Crippen molar-refractivity contribution < 1.29 is 18.3 Å². The second-order valence-electron chi connectivity index (χ2n) is 4.05. The highest BCUT2D eigenvalue weighted by molar-refractivity contribution is 7.89. The Morgan fingerprint density at radius 1 is 1.47 bits per heavy atom. The molecular formula is C9H19NO4S. The molecule has 0 aliphatic carbocycles. The van der Waals surface area contributed by atoms with Crippen molar-refractivity contribution in [1.29, 1.82) is 0 Å². The molecule has 0 radical (unpaired) electrons. The Hall–Kier alpha value is -0.170. The Morgan fingerprint density at radius 3 is 2.60 bits per heavy atom. The average molecular weight is 237 g/mol. The molecule has 90 valence electrons. The topological polar surface area (TPSA) is 66.8 Å². The fourth-order valence-corrected chi connectivity index (χ4v) is 3.29. The van der Waals surface area contributed by atoms with E-state index in [-0.39, 0.29) is 30.8 Å². The van der Waals surface area contributed by atoms with Gasteiger partial charge in [-0.2, -0.15) is 0 Å². The van der Waals surface area contributed by atoms with Crippen LogP contribution in [0, 0.1) is 11.8 Å². The summed E-state index contributed by atoms with van der Waals surface area (Å²) in [7, 11) is -1.72. The molecule has 0 bridgehead atoms. The van der Waals surface area contributed by atoms with Crippen molar-refractivity contribution in [3.8, 4) is 0 Å². The Morgan fingerprint density at radius 2 is 2.13 bits per heavy atom. The van der Waals surface area contributed by atoms with Gasteiger partial charge in [0.2, 0.25) is 10.0 Å². The largest absolute Gasteiger partial charge is 0.396 e. The molecule has 0 aromatic carbocycles. The molecule has 1 N–H and O–H groups in total. The third kappa shape index (κ3) is 3.14. The van der Waals surface area contributed by atoms with Gasteiger partial charge in [0.25, 0.3) is 0 Å². The summed E-state index contributed by atoms with van der Waals surface area (Å²) in [6.45, 7) is 3.18. The molecule has 0 aromatic rings. The zero-order valence-corrected chi connectivity index (χ0v) is 10.0.